The molecule has 0 spiro atoms. The maximum Gasteiger partial charge on any atom is 0.293 e. The summed E-state index contributed by atoms with van der Waals surface area (Å²) in [5.41, 5.74) is 1.99. The van der Waals surface area contributed by atoms with Crippen LogP contribution < -0.4 is 11.3 Å². The van der Waals surface area contributed by atoms with Crippen LogP contribution in [0.3, 0.4) is 0 Å². The molecular weight excluding hydrogens is 160 g/mol. The van der Waals surface area contributed by atoms with Gasteiger partial charge in [-0.05, 0) is 20.8 Å². The van der Waals surface area contributed by atoms with Gasteiger partial charge in [-0.2, -0.15) is 0 Å². The number of amides is 1. The van der Waals surface area contributed by atoms with E-state index in [0.29, 0.717) is 13.2 Å². The Labute approximate surface area is 72.2 Å². The highest BCUT2D eigenvalue weighted by Crippen LogP contribution is 2.11. The summed E-state index contributed by atoms with van der Waals surface area (Å²) in [6.07, 6.45) is 0. The zero-order valence-corrected chi connectivity index (χ0v) is 7.72. The van der Waals surface area contributed by atoms with Gasteiger partial charge in [-0.25, -0.2) is 5.84 Å². The Morgan fingerprint density at radius 2 is 1.83 bits per heavy atom. The first-order chi connectivity index (χ1) is 5.60. The molecule has 0 rings (SSSR count). The molecule has 0 radical (unpaired) electrons. The van der Waals surface area contributed by atoms with Crippen molar-refractivity contribution < 1.29 is 14.3 Å². The number of hydrogen-bond acceptors (Lipinski definition) is 4. The zero-order chi connectivity index (χ0) is 9.61. The Bertz CT molecular complexity index is 144. The molecule has 0 heterocycles. The summed E-state index contributed by atoms with van der Waals surface area (Å²) in [6, 6.07) is 0. The van der Waals surface area contributed by atoms with Crippen molar-refractivity contribution in [1.82, 2.24) is 5.43 Å². The SMILES string of the molecule is CCOC(C)(OCC)C(=O)NN. The van der Waals surface area contributed by atoms with Crippen LogP contribution in [0.25, 0.3) is 0 Å². The van der Waals surface area contributed by atoms with Gasteiger partial charge < -0.3 is 9.47 Å². The monoisotopic (exact) mass is 176 g/mol. The van der Waals surface area contributed by atoms with Crippen molar-refractivity contribution in [2.45, 2.75) is 26.6 Å². The summed E-state index contributed by atoms with van der Waals surface area (Å²) < 4.78 is 10.2. The number of rotatable bonds is 5. The number of hydrogen-bond donors (Lipinski definition) is 2. The molecule has 12 heavy (non-hydrogen) atoms. The molecule has 72 valence electrons. The molecule has 0 atom stereocenters. The lowest BCUT2D eigenvalue weighted by Gasteiger charge is -2.26. The fourth-order valence-electron chi connectivity index (χ4n) is 0.855. The maximum absolute atomic E-state index is 11.1. The highest BCUT2D eigenvalue weighted by atomic mass is 16.7. The summed E-state index contributed by atoms with van der Waals surface area (Å²) in [6.45, 7) is 5.87. The first-order valence-electron chi connectivity index (χ1n) is 3.89. The third-order valence-corrected chi connectivity index (χ3v) is 1.38. The number of carbonyl (C=O) groups is 1. The predicted octanol–water partition coefficient (Wildman–Crippen LogP) is -0.234. The summed E-state index contributed by atoms with van der Waals surface area (Å²) in [5, 5.41) is 0. The third kappa shape index (κ3) is 2.77. The molecule has 0 aliphatic carbocycles. The van der Waals surface area contributed by atoms with Gasteiger partial charge in [0.2, 0.25) is 5.79 Å². The molecule has 1 amide bonds. The van der Waals surface area contributed by atoms with Gasteiger partial charge in [0.15, 0.2) is 0 Å². The van der Waals surface area contributed by atoms with Gasteiger partial charge in [0.05, 0.1) is 0 Å². The van der Waals surface area contributed by atoms with Crippen LogP contribution in [0.4, 0.5) is 0 Å². The van der Waals surface area contributed by atoms with E-state index in [0.717, 1.165) is 0 Å². The van der Waals surface area contributed by atoms with Crippen LogP contribution in [0.2, 0.25) is 0 Å². The average molecular weight is 176 g/mol. The standard InChI is InChI=1S/C7H16N2O3/c1-4-11-7(3,12-5-2)6(10)9-8/h4-5,8H2,1-3H3,(H,9,10). The number of nitrogens with two attached hydrogens (primary N) is 1. The summed E-state index contributed by atoms with van der Waals surface area (Å²) >= 11 is 0. The van der Waals surface area contributed by atoms with Crippen molar-refractivity contribution in [3.63, 3.8) is 0 Å². The van der Waals surface area contributed by atoms with E-state index < -0.39 is 11.7 Å². The molecule has 0 saturated carbocycles. The van der Waals surface area contributed by atoms with E-state index in [9.17, 15) is 4.79 Å². The molecular formula is C7H16N2O3. The summed E-state index contributed by atoms with van der Waals surface area (Å²) in [7, 11) is 0. The Hall–Kier alpha value is -0.650. The molecule has 0 aromatic rings. The molecule has 0 aromatic heterocycles. The Kier molecular flexibility index (Phi) is 4.80. The number of nitrogens with one attached hydrogen (secondary N) is 1. The third-order valence-electron chi connectivity index (χ3n) is 1.38. The maximum atomic E-state index is 11.1. The molecule has 5 heteroatoms. The quantitative estimate of drug-likeness (QED) is 0.262. The van der Waals surface area contributed by atoms with Crippen LogP contribution in [0.1, 0.15) is 20.8 Å². The second kappa shape index (κ2) is 5.08. The van der Waals surface area contributed by atoms with Gasteiger partial charge in [0.1, 0.15) is 0 Å². The van der Waals surface area contributed by atoms with Gasteiger partial charge in [-0.15, -0.1) is 0 Å². The van der Waals surface area contributed by atoms with Gasteiger partial charge in [-0.1, -0.05) is 0 Å². The van der Waals surface area contributed by atoms with Crippen LogP contribution in [0, 0.1) is 0 Å². The van der Waals surface area contributed by atoms with E-state index in [1.165, 1.54) is 6.92 Å². The second-order valence-electron chi connectivity index (χ2n) is 2.29. The van der Waals surface area contributed by atoms with Crippen molar-refractivity contribution in [2.24, 2.45) is 5.84 Å². The van der Waals surface area contributed by atoms with Crippen LogP contribution in [0.15, 0.2) is 0 Å². The fourth-order valence-corrected chi connectivity index (χ4v) is 0.855. The predicted molar refractivity (Wildman–Crippen MR) is 44.0 cm³/mol. The molecule has 0 saturated heterocycles. The highest BCUT2D eigenvalue weighted by molar-refractivity contribution is 5.82. The van der Waals surface area contributed by atoms with Crippen LogP contribution in [0.5, 0.6) is 0 Å². The number of ether oxygens (including phenoxy) is 2. The van der Waals surface area contributed by atoms with E-state index in [2.05, 4.69) is 0 Å². The smallest absolute Gasteiger partial charge is 0.293 e. The van der Waals surface area contributed by atoms with Crippen molar-refractivity contribution in [2.75, 3.05) is 13.2 Å². The minimum atomic E-state index is -1.27. The van der Waals surface area contributed by atoms with E-state index in [1.807, 2.05) is 5.43 Å². The van der Waals surface area contributed by atoms with Crippen molar-refractivity contribution in [3.8, 4) is 0 Å². The average Bonchev–Trinajstić information content (AvgIpc) is 2.04. The van der Waals surface area contributed by atoms with Crippen LogP contribution in [-0.2, 0) is 14.3 Å². The largest absolute Gasteiger partial charge is 0.343 e. The van der Waals surface area contributed by atoms with E-state index in [-0.39, 0.29) is 0 Å². The Morgan fingerprint density at radius 1 is 1.42 bits per heavy atom. The molecule has 0 aromatic carbocycles. The molecule has 0 aliphatic heterocycles. The summed E-state index contributed by atoms with van der Waals surface area (Å²) in [5.74, 6) is 3.21. The topological polar surface area (TPSA) is 73.6 Å². The normalized spacial score (nSPS) is 11.3. The molecule has 0 bridgehead atoms. The molecule has 5 nitrogen and oxygen atoms in total. The van der Waals surface area contributed by atoms with Crippen LogP contribution in [-0.4, -0.2) is 24.9 Å². The molecule has 0 fully saturated rings. The Balaban J connectivity index is 4.26. The fraction of sp³-hybridized carbons (Fsp3) is 0.857. The summed E-state index contributed by atoms with van der Waals surface area (Å²) in [4.78, 5) is 11.1. The van der Waals surface area contributed by atoms with Gasteiger partial charge in [0, 0.05) is 13.2 Å². The van der Waals surface area contributed by atoms with Gasteiger partial charge in [0.25, 0.3) is 5.91 Å². The lowest BCUT2D eigenvalue weighted by molar-refractivity contribution is -0.219. The van der Waals surface area contributed by atoms with E-state index >= 15 is 0 Å². The minimum absolute atomic E-state index is 0.393. The van der Waals surface area contributed by atoms with Crippen molar-refractivity contribution in [3.05, 3.63) is 0 Å². The first-order valence-corrected chi connectivity index (χ1v) is 3.89. The zero-order valence-electron chi connectivity index (χ0n) is 7.72. The highest BCUT2D eigenvalue weighted by Gasteiger charge is 2.33. The van der Waals surface area contributed by atoms with Crippen LogP contribution >= 0.6 is 0 Å². The van der Waals surface area contributed by atoms with Crippen molar-refractivity contribution in [1.29, 1.82) is 0 Å². The second-order valence-corrected chi connectivity index (χ2v) is 2.29. The van der Waals surface area contributed by atoms with Crippen molar-refractivity contribution >= 4 is 5.91 Å². The van der Waals surface area contributed by atoms with Gasteiger partial charge in [-0.3, -0.25) is 10.2 Å². The van der Waals surface area contributed by atoms with E-state index in [1.54, 1.807) is 13.8 Å². The lowest BCUT2D eigenvalue weighted by atomic mass is 10.3. The Morgan fingerprint density at radius 3 is 2.08 bits per heavy atom. The molecule has 3 N–H and O–H groups in total. The lowest BCUT2D eigenvalue weighted by Crippen LogP contribution is -2.51. The minimum Gasteiger partial charge on any atom is -0.343 e. The number of carbonyl (C=O) groups excluding carboxylic acids is 1. The van der Waals surface area contributed by atoms with Gasteiger partial charge >= 0.3 is 0 Å². The molecule has 0 aliphatic rings. The number of hydrazine groups is 1. The first kappa shape index (κ1) is 11.4. The molecule has 0 unspecified atom stereocenters. The van der Waals surface area contributed by atoms with E-state index in [4.69, 9.17) is 15.3 Å².